The lowest BCUT2D eigenvalue weighted by molar-refractivity contribution is 0.317. The predicted molar refractivity (Wildman–Crippen MR) is 40.1 cm³/mol. The number of allylic oxidation sites excluding steroid dienone is 4. The minimum Gasteiger partial charge on any atom is -0.411 e. The van der Waals surface area contributed by atoms with Crippen LogP contribution in [0.4, 0.5) is 0 Å². The molecule has 0 fully saturated rings. The van der Waals surface area contributed by atoms with Gasteiger partial charge in [0.15, 0.2) is 0 Å². The smallest absolute Gasteiger partial charge is 0.0941 e. The third-order valence-corrected chi connectivity index (χ3v) is 1.54. The molecule has 0 saturated carbocycles. The van der Waals surface area contributed by atoms with Crippen molar-refractivity contribution in [2.45, 2.75) is 6.92 Å². The average molecular weight is 157 g/mol. The second-order valence-corrected chi connectivity index (χ2v) is 2.55. The van der Waals surface area contributed by atoms with Crippen LogP contribution in [0.5, 0.6) is 0 Å². The highest BCUT2D eigenvalue weighted by atomic mass is 35.5. The van der Waals surface area contributed by atoms with Gasteiger partial charge < -0.3 is 5.21 Å². The maximum atomic E-state index is 8.38. The number of nitrogens with zero attached hydrogens (tertiary/aromatic N) is 1. The molecule has 0 amide bonds. The second-order valence-electron chi connectivity index (χ2n) is 2.11. The van der Waals surface area contributed by atoms with E-state index in [9.17, 15) is 0 Å². The number of halogens is 1. The zero-order chi connectivity index (χ0) is 7.56. The monoisotopic (exact) mass is 156 g/mol. The van der Waals surface area contributed by atoms with E-state index < -0.39 is 0 Å². The molecule has 0 aromatic carbocycles. The number of hydrogen-bond donors (Lipinski definition) is 1. The van der Waals surface area contributed by atoms with Crippen molar-refractivity contribution < 1.29 is 5.21 Å². The van der Waals surface area contributed by atoms with Gasteiger partial charge in [0.2, 0.25) is 0 Å². The third kappa shape index (κ3) is 1.39. The van der Waals surface area contributed by atoms with Crippen molar-refractivity contribution in [1.82, 2.24) is 0 Å². The van der Waals surface area contributed by atoms with E-state index >= 15 is 0 Å². The van der Waals surface area contributed by atoms with Gasteiger partial charge in [-0.05, 0) is 6.08 Å². The van der Waals surface area contributed by atoms with Gasteiger partial charge in [-0.2, -0.15) is 0 Å². The Bertz CT molecular complexity index is 218. The first kappa shape index (κ1) is 7.35. The van der Waals surface area contributed by atoms with Crippen LogP contribution in [-0.2, 0) is 0 Å². The topological polar surface area (TPSA) is 32.6 Å². The summed E-state index contributed by atoms with van der Waals surface area (Å²) in [5, 5.41) is 12.1. The van der Waals surface area contributed by atoms with E-state index in [4.69, 9.17) is 16.8 Å². The van der Waals surface area contributed by atoms with Gasteiger partial charge in [0.05, 0.1) is 5.71 Å². The van der Waals surface area contributed by atoms with Gasteiger partial charge in [0.1, 0.15) is 0 Å². The summed E-state index contributed by atoms with van der Waals surface area (Å²) in [6.07, 6.45) is 6.12. The lowest BCUT2D eigenvalue weighted by atomic mass is 10.0. The lowest BCUT2D eigenvalue weighted by Crippen LogP contribution is -2.09. The molecule has 53 valence electrons. The van der Waals surface area contributed by atoms with Gasteiger partial charge in [-0.25, -0.2) is 0 Å². The van der Waals surface area contributed by atoms with Crippen LogP contribution in [-0.4, -0.2) is 10.9 Å². The highest BCUT2D eigenvalue weighted by Crippen LogP contribution is 2.15. The van der Waals surface area contributed by atoms with Crippen molar-refractivity contribution in [3.05, 3.63) is 23.3 Å². The first-order valence-corrected chi connectivity index (χ1v) is 3.31. The Hall–Kier alpha value is -0.760. The van der Waals surface area contributed by atoms with Crippen molar-refractivity contribution in [1.29, 1.82) is 0 Å². The van der Waals surface area contributed by atoms with Crippen LogP contribution in [0.15, 0.2) is 22.3 Å². The van der Waals surface area contributed by atoms with Gasteiger partial charge >= 0.3 is 0 Å². The number of rotatable bonds is 0. The summed E-state index contributed by atoms with van der Waals surface area (Å²) in [4.78, 5) is 0. The third-order valence-electron chi connectivity index (χ3n) is 1.31. The Morgan fingerprint density at radius 3 is 3.00 bits per heavy atom. The molecular formula is C7H7ClNO. The van der Waals surface area contributed by atoms with E-state index in [1.165, 1.54) is 0 Å². The van der Waals surface area contributed by atoms with Gasteiger partial charge in [0, 0.05) is 17.0 Å². The number of oxime groups is 1. The van der Waals surface area contributed by atoms with Crippen LogP contribution in [0.2, 0.25) is 0 Å². The molecule has 2 nitrogen and oxygen atoms in total. The zero-order valence-electron chi connectivity index (χ0n) is 5.50. The molecular weight excluding hydrogens is 150 g/mol. The standard InChI is InChI=1S/C7H7ClNO/c1-5-4-6(8)2-3-7(5)9-10/h2,4-5,10H,1H3. The molecule has 0 aliphatic heterocycles. The fourth-order valence-corrected chi connectivity index (χ4v) is 1.00. The first-order valence-electron chi connectivity index (χ1n) is 2.93. The maximum Gasteiger partial charge on any atom is 0.0941 e. The normalized spacial score (nSPS) is 28.8. The summed E-state index contributed by atoms with van der Waals surface area (Å²) in [6.45, 7) is 1.89. The zero-order valence-corrected chi connectivity index (χ0v) is 6.26. The SMILES string of the molecule is CC1C=C(Cl)C=[C]C1=NO. The van der Waals surface area contributed by atoms with E-state index in [1.807, 2.05) is 6.92 Å². The molecule has 1 unspecified atom stereocenters. The van der Waals surface area contributed by atoms with Crippen LogP contribution in [0, 0.1) is 12.0 Å². The summed E-state index contributed by atoms with van der Waals surface area (Å²) in [7, 11) is 0. The largest absolute Gasteiger partial charge is 0.411 e. The molecule has 0 bridgehead atoms. The Kier molecular flexibility index (Phi) is 2.12. The van der Waals surface area contributed by atoms with Gasteiger partial charge in [-0.15, -0.1) is 0 Å². The summed E-state index contributed by atoms with van der Waals surface area (Å²) in [6, 6.07) is 0. The van der Waals surface area contributed by atoms with E-state index in [0.29, 0.717) is 10.7 Å². The molecule has 0 saturated heterocycles. The Labute approximate surface area is 64.5 Å². The summed E-state index contributed by atoms with van der Waals surface area (Å²) in [5.41, 5.74) is 0.518. The fourth-order valence-electron chi connectivity index (χ4n) is 0.760. The molecule has 1 aliphatic carbocycles. The molecule has 0 aromatic heterocycles. The van der Waals surface area contributed by atoms with Crippen molar-refractivity contribution >= 4 is 17.3 Å². The van der Waals surface area contributed by atoms with E-state index in [-0.39, 0.29) is 5.92 Å². The number of hydrogen-bond acceptors (Lipinski definition) is 2. The molecule has 0 heterocycles. The molecule has 1 atom stereocenters. The van der Waals surface area contributed by atoms with E-state index in [2.05, 4.69) is 11.2 Å². The maximum absolute atomic E-state index is 8.38. The summed E-state index contributed by atoms with van der Waals surface area (Å²) in [5.74, 6) is 0.0579. The van der Waals surface area contributed by atoms with Crippen molar-refractivity contribution in [3.8, 4) is 0 Å². The predicted octanol–water partition coefficient (Wildman–Crippen LogP) is 1.95. The molecule has 1 rings (SSSR count). The Morgan fingerprint density at radius 2 is 2.50 bits per heavy atom. The molecule has 0 spiro atoms. The molecule has 10 heavy (non-hydrogen) atoms. The van der Waals surface area contributed by atoms with Gasteiger partial charge in [-0.1, -0.05) is 29.8 Å². The minimum atomic E-state index is 0.0579. The fraction of sp³-hybridized carbons (Fsp3) is 0.286. The molecule has 1 radical (unpaired) electrons. The average Bonchev–Trinajstić information content (AvgIpc) is 1.88. The van der Waals surface area contributed by atoms with Crippen LogP contribution in [0.3, 0.4) is 0 Å². The minimum absolute atomic E-state index is 0.0579. The molecule has 0 aromatic rings. The van der Waals surface area contributed by atoms with Gasteiger partial charge in [-0.3, -0.25) is 0 Å². The lowest BCUT2D eigenvalue weighted by Gasteiger charge is -2.07. The summed E-state index contributed by atoms with van der Waals surface area (Å²) < 4.78 is 0. The van der Waals surface area contributed by atoms with Crippen molar-refractivity contribution in [2.24, 2.45) is 11.1 Å². The van der Waals surface area contributed by atoms with E-state index in [1.54, 1.807) is 12.2 Å². The van der Waals surface area contributed by atoms with Crippen LogP contribution < -0.4 is 0 Å². The van der Waals surface area contributed by atoms with Crippen molar-refractivity contribution in [2.75, 3.05) is 0 Å². The van der Waals surface area contributed by atoms with Gasteiger partial charge in [0.25, 0.3) is 0 Å². The quantitative estimate of drug-likeness (QED) is 0.422. The molecule has 1 N–H and O–H groups in total. The molecule has 1 aliphatic rings. The van der Waals surface area contributed by atoms with E-state index in [0.717, 1.165) is 0 Å². The van der Waals surface area contributed by atoms with Crippen LogP contribution in [0.1, 0.15) is 6.92 Å². The van der Waals surface area contributed by atoms with Crippen LogP contribution >= 0.6 is 11.6 Å². The van der Waals surface area contributed by atoms with Crippen LogP contribution in [0.25, 0.3) is 0 Å². The highest BCUT2D eigenvalue weighted by molar-refractivity contribution is 6.32. The molecule has 3 heteroatoms. The second kappa shape index (κ2) is 2.88. The first-order chi connectivity index (χ1) is 4.74. The Balaban J connectivity index is 2.84. The summed E-state index contributed by atoms with van der Waals surface area (Å²) >= 11 is 5.64. The van der Waals surface area contributed by atoms with Crippen molar-refractivity contribution in [3.63, 3.8) is 0 Å². The Morgan fingerprint density at radius 1 is 1.80 bits per heavy atom. The highest BCUT2D eigenvalue weighted by Gasteiger charge is 2.10.